The molecule has 31 heavy (non-hydrogen) atoms. The van der Waals surface area contributed by atoms with Crippen molar-refractivity contribution in [3.8, 4) is 34.1 Å². The molecule has 2 aromatic carbocycles. The molecule has 1 amide bonds. The van der Waals surface area contributed by atoms with E-state index in [2.05, 4.69) is 5.32 Å². The fourth-order valence-corrected chi connectivity index (χ4v) is 4.34. The number of fused-ring (bicyclic) bond motifs is 3. The first-order valence-electron chi connectivity index (χ1n) is 9.93. The SMILES string of the molecule is CCC(=O)N[C@H]1CCc2c(Cl)c(OC)c(OC)c(OC)c2-c2ccc(OC)c(=O)cc21. The lowest BCUT2D eigenvalue weighted by Crippen LogP contribution is -2.28. The van der Waals surface area contributed by atoms with Crippen molar-refractivity contribution < 1.29 is 23.7 Å². The van der Waals surface area contributed by atoms with E-state index in [4.69, 9.17) is 30.5 Å². The number of benzene rings is 1. The van der Waals surface area contributed by atoms with Gasteiger partial charge in [0.25, 0.3) is 0 Å². The first-order chi connectivity index (χ1) is 14.9. The molecule has 7 nitrogen and oxygen atoms in total. The molecule has 1 N–H and O–H groups in total. The van der Waals surface area contributed by atoms with E-state index in [-0.39, 0.29) is 17.1 Å². The Labute approximate surface area is 186 Å². The lowest BCUT2D eigenvalue weighted by Gasteiger charge is -2.21. The van der Waals surface area contributed by atoms with Gasteiger partial charge in [-0.25, -0.2) is 0 Å². The van der Waals surface area contributed by atoms with Crippen LogP contribution in [0.1, 0.15) is 36.9 Å². The summed E-state index contributed by atoms with van der Waals surface area (Å²) in [5, 5.41) is 3.43. The highest BCUT2D eigenvalue weighted by Gasteiger charge is 2.32. The molecule has 0 bridgehead atoms. The van der Waals surface area contributed by atoms with Crippen molar-refractivity contribution in [2.45, 2.75) is 32.2 Å². The van der Waals surface area contributed by atoms with Crippen LogP contribution in [0.5, 0.6) is 23.0 Å². The van der Waals surface area contributed by atoms with Crippen molar-refractivity contribution in [3.63, 3.8) is 0 Å². The predicted molar refractivity (Wildman–Crippen MR) is 119 cm³/mol. The molecule has 2 aromatic rings. The maximum absolute atomic E-state index is 12.8. The monoisotopic (exact) mass is 447 g/mol. The second-order valence-corrected chi connectivity index (χ2v) is 7.44. The summed E-state index contributed by atoms with van der Waals surface area (Å²) in [7, 11) is 6.00. The largest absolute Gasteiger partial charge is 0.493 e. The van der Waals surface area contributed by atoms with Gasteiger partial charge >= 0.3 is 0 Å². The van der Waals surface area contributed by atoms with E-state index in [1.165, 1.54) is 34.5 Å². The summed E-state index contributed by atoms with van der Waals surface area (Å²) < 4.78 is 22.1. The fraction of sp³-hybridized carbons (Fsp3) is 0.391. The standard InChI is InChI=1S/C23H26ClNO6/c1-6-18(27)25-15-9-7-13-19(12-8-10-17(28-2)16(26)11-14(12)15)21(29-3)23(31-5)22(30-4)20(13)24/h8,10-11,15H,6-7,9H2,1-5H3,(H,25,27)/t15-/m0/s1. The molecular formula is C23H26ClNO6. The summed E-state index contributed by atoms with van der Waals surface area (Å²) in [6.45, 7) is 1.78. The van der Waals surface area contributed by atoms with Crippen LogP contribution >= 0.6 is 11.6 Å². The first-order valence-corrected chi connectivity index (χ1v) is 10.3. The van der Waals surface area contributed by atoms with Crippen LogP contribution in [0.4, 0.5) is 0 Å². The van der Waals surface area contributed by atoms with Gasteiger partial charge in [-0.3, -0.25) is 9.59 Å². The van der Waals surface area contributed by atoms with Crippen molar-refractivity contribution in [2.75, 3.05) is 28.4 Å². The number of hydrogen-bond acceptors (Lipinski definition) is 6. The summed E-state index contributed by atoms with van der Waals surface area (Å²) >= 11 is 6.75. The van der Waals surface area contributed by atoms with Gasteiger partial charge in [0, 0.05) is 12.0 Å². The van der Waals surface area contributed by atoms with E-state index in [1.54, 1.807) is 19.1 Å². The van der Waals surface area contributed by atoms with Gasteiger partial charge in [0.05, 0.1) is 39.5 Å². The number of hydrogen-bond donors (Lipinski definition) is 1. The molecule has 0 radical (unpaired) electrons. The van der Waals surface area contributed by atoms with Crippen LogP contribution in [0.3, 0.4) is 0 Å². The normalized spacial score (nSPS) is 14.6. The predicted octanol–water partition coefficient (Wildman–Crippen LogP) is 3.92. The van der Waals surface area contributed by atoms with Crippen LogP contribution in [0, 0.1) is 0 Å². The van der Waals surface area contributed by atoms with Crippen molar-refractivity contribution in [3.05, 3.63) is 44.6 Å². The highest BCUT2D eigenvalue weighted by molar-refractivity contribution is 6.34. The third-order valence-electron chi connectivity index (χ3n) is 5.46. The number of halogens is 1. The molecule has 1 aliphatic rings. The van der Waals surface area contributed by atoms with Gasteiger partial charge in [-0.1, -0.05) is 24.6 Å². The number of amides is 1. The Hall–Kier alpha value is -2.93. The molecule has 0 heterocycles. The molecule has 0 spiro atoms. The zero-order valence-electron chi connectivity index (χ0n) is 18.3. The van der Waals surface area contributed by atoms with E-state index < -0.39 is 6.04 Å². The molecule has 0 saturated carbocycles. The Bertz CT molecular complexity index is 1070. The summed E-state index contributed by atoms with van der Waals surface area (Å²) in [6.07, 6.45) is 1.40. The van der Waals surface area contributed by atoms with E-state index in [0.29, 0.717) is 58.2 Å². The van der Waals surface area contributed by atoms with Crippen molar-refractivity contribution in [1.82, 2.24) is 5.32 Å². The summed E-state index contributed by atoms with van der Waals surface area (Å²) in [5.74, 6) is 1.26. The Balaban J connectivity index is 2.44. The zero-order valence-corrected chi connectivity index (χ0v) is 19.0. The quantitative estimate of drug-likeness (QED) is 0.722. The van der Waals surface area contributed by atoms with Gasteiger partial charge in [0.1, 0.15) is 0 Å². The Morgan fingerprint density at radius 1 is 1.06 bits per heavy atom. The smallest absolute Gasteiger partial charge is 0.220 e. The number of rotatable bonds is 6. The molecule has 1 atom stereocenters. The minimum absolute atomic E-state index is 0.110. The third kappa shape index (κ3) is 4.02. The van der Waals surface area contributed by atoms with Crippen LogP contribution < -0.4 is 29.7 Å². The third-order valence-corrected chi connectivity index (χ3v) is 5.86. The Morgan fingerprint density at radius 3 is 2.32 bits per heavy atom. The van der Waals surface area contributed by atoms with Crippen molar-refractivity contribution in [1.29, 1.82) is 0 Å². The molecule has 0 fully saturated rings. The lowest BCUT2D eigenvalue weighted by atomic mass is 9.95. The molecule has 8 heteroatoms. The molecule has 1 aliphatic carbocycles. The highest BCUT2D eigenvalue weighted by Crippen LogP contribution is 2.54. The molecule has 0 unspecified atom stereocenters. The van der Waals surface area contributed by atoms with E-state index in [0.717, 1.165) is 5.56 Å². The number of nitrogens with one attached hydrogen (secondary N) is 1. The lowest BCUT2D eigenvalue weighted by molar-refractivity contribution is -0.121. The van der Waals surface area contributed by atoms with Crippen molar-refractivity contribution in [2.24, 2.45) is 0 Å². The molecule has 0 saturated heterocycles. The van der Waals surface area contributed by atoms with Crippen LogP contribution in [-0.2, 0) is 11.2 Å². The minimum Gasteiger partial charge on any atom is -0.493 e. The van der Waals surface area contributed by atoms with E-state index >= 15 is 0 Å². The topological polar surface area (TPSA) is 83.1 Å². The average Bonchev–Trinajstić information content (AvgIpc) is 3.02. The van der Waals surface area contributed by atoms with Gasteiger partial charge in [-0.15, -0.1) is 0 Å². The fourth-order valence-electron chi connectivity index (χ4n) is 3.98. The second kappa shape index (κ2) is 9.47. The molecular weight excluding hydrogens is 422 g/mol. The first kappa shape index (κ1) is 22.7. The molecule has 3 rings (SSSR count). The number of methoxy groups -OCH3 is 4. The van der Waals surface area contributed by atoms with Gasteiger partial charge in [0.2, 0.25) is 17.1 Å². The second-order valence-electron chi connectivity index (χ2n) is 7.06. The van der Waals surface area contributed by atoms with Crippen LogP contribution in [0.25, 0.3) is 11.1 Å². The van der Waals surface area contributed by atoms with Gasteiger partial charge in [-0.05, 0) is 41.7 Å². The maximum atomic E-state index is 12.8. The van der Waals surface area contributed by atoms with Crippen LogP contribution in [0.15, 0.2) is 23.0 Å². The number of carbonyl (C=O) groups is 1. The molecule has 0 aliphatic heterocycles. The van der Waals surface area contributed by atoms with Gasteiger partial charge in [-0.2, -0.15) is 0 Å². The summed E-state index contributed by atoms with van der Waals surface area (Å²) in [4.78, 5) is 25.0. The van der Waals surface area contributed by atoms with Gasteiger partial charge < -0.3 is 24.3 Å². The molecule has 0 aromatic heterocycles. The minimum atomic E-state index is -0.391. The highest BCUT2D eigenvalue weighted by atomic mass is 35.5. The molecule has 166 valence electrons. The Kier molecular flexibility index (Phi) is 6.95. The van der Waals surface area contributed by atoms with Gasteiger partial charge in [0.15, 0.2) is 17.2 Å². The zero-order chi connectivity index (χ0) is 22.7. The summed E-state index contributed by atoms with van der Waals surface area (Å²) in [6, 6.07) is 4.51. The van der Waals surface area contributed by atoms with E-state index in [1.807, 2.05) is 0 Å². The van der Waals surface area contributed by atoms with Crippen LogP contribution in [0.2, 0.25) is 5.02 Å². The number of ether oxygens (including phenoxy) is 4. The Morgan fingerprint density at radius 2 is 1.74 bits per heavy atom. The van der Waals surface area contributed by atoms with E-state index in [9.17, 15) is 9.59 Å². The van der Waals surface area contributed by atoms with Crippen molar-refractivity contribution >= 4 is 17.5 Å². The van der Waals surface area contributed by atoms with Crippen LogP contribution in [-0.4, -0.2) is 34.3 Å². The summed E-state index contributed by atoms with van der Waals surface area (Å²) in [5.41, 5.74) is 2.58. The number of carbonyl (C=O) groups excluding carboxylic acids is 1. The average molecular weight is 448 g/mol. The maximum Gasteiger partial charge on any atom is 0.220 e.